The molecule has 0 saturated heterocycles. The van der Waals surface area contributed by atoms with Crippen LogP contribution in [-0.4, -0.2) is 46.0 Å². The van der Waals surface area contributed by atoms with Crippen LogP contribution in [0.5, 0.6) is 0 Å². The maximum absolute atomic E-state index is 13.1. The molecule has 0 saturated carbocycles. The topological polar surface area (TPSA) is 149 Å². The van der Waals surface area contributed by atoms with E-state index in [2.05, 4.69) is 22.4 Å². The molecule has 0 radical (unpaired) electrons. The van der Waals surface area contributed by atoms with Gasteiger partial charge in [-0.15, -0.1) is 0 Å². The predicted octanol–water partition coefficient (Wildman–Crippen LogP) is 4.96. The van der Waals surface area contributed by atoms with Crippen molar-refractivity contribution in [1.29, 1.82) is 0 Å². The molecule has 3 aromatic rings. The van der Waals surface area contributed by atoms with Gasteiger partial charge in [-0.1, -0.05) is 67.8 Å². The van der Waals surface area contributed by atoms with Crippen molar-refractivity contribution in [2.45, 2.75) is 82.8 Å². The zero-order valence-corrected chi connectivity index (χ0v) is 23.3. The number of hydrogen-bond acceptors (Lipinski definition) is 6. The van der Waals surface area contributed by atoms with E-state index in [1.54, 1.807) is 6.07 Å². The van der Waals surface area contributed by atoms with Crippen molar-refractivity contribution in [2.75, 3.05) is 0 Å². The Hall–Kier alpha value is -4.27. The molecule has 9 nitrogen and oxygen atoms in total. The molecule has 0 aliphatic heterocycles. The number of hydrogen-bond donors (Lipinski definition) is 3. The van der Waals surface area contributed by atoms with Crippen LogP contribution in [-0.2, 0) is 25.5 Å². The predicted molar refractivity (Wildman–Crippen MR) is 156 cm³/mol. The fraction of sp³-hybridized carbons (Fsp3) is 0.406. The van der Waals surface area contributed by atoms with Crippen molar-refractivity contribution in [3.8, 4) is 0 Å². The van der Waals surface area contributed by atoms with Crippen molar-refractivity contribution in [3.05, 3.63) is 78.0 Å². The number of benzene rings is 2. The number of amides is 2. The molecule has 2 atom stereocenters. The number of nitrogens with zero attached hydrogens (tertiary/aromatic N) is 1. The van der Waals surface area contributed by atoms with Gasteiger partial charge in [0.2, 0.25) is 5.91 Å². The lowest BCUT2D eigenvalue weighted by atomic mass is 10.0. The summed E-state index contributed by atoms with van der Waals surface area (Å²) in [6.07, 6.45) is 7.05. The van der Waals surface area contributed by atoms with E-state index in [9.17, 15) is 19.2 Å². The number of carbonyl (C=O) groups is 4. The fourth-order valence-electron chi connectivity index (χ4n) is 4.69. The minimum atomic E-state index is -1.08. The summed E-state index contributed by atoms with van der Waals surface area (Å²) in [6, 6.07) is 18.3. The van der Waals surface area contributed by atoms with Gasteiger partial charge >= 0.3 is 11.9 Å². The Kier molecular flexibility index (Phi) is 12.8. The molecule has 9 heteroatoms. The first-order valence-electron chi connectivity index (χ1n) is 14.2. The third-order valence-corrected chi connectivity index (χ3v) is 6.87. The number of esters is 1. The van der Waals surface area contributed by atoms with Gasteiger partial charge < -0.3 is 20.9 Å². The van der Waals surface area contributed by atoms with Gasteiger partial charge in [0.05, 0.1) is 17.5 Å². The first-order chi connectivity index (χ1) is 19.8. The number of para-hydroxylation sites is 1. The van der Waals surface area contributed by atoms with E-state index in [1.165, 1.54) is 11.8 Å². The highest BCUT2D eigenvalue weighted by Gasteiger charge is 2.27. The number of aliphatic carboxylic acids is 1. The maximum atomic E-state index is 13.1. The number of fused-ring (bicyclic) bond motifs is 1. The van der Waals surface area contributed by atoms with E-state index in [1.807, 2.05) is 42.5 Å². The summed E-state index contributed by atoms with van der Waals surface area (Å²) in [4.78, 5) is 53.2. The average Bonchev–Trinajstić information content (AvgIpc) is 2.95. The Morgan fingerprint density at radius 3 is 2.34 bits per heavy atom. The largest absolute Gasteiger partial charge is 0.481 e. The van der Waals surface area contributed by atoms with E-state index in [-0.39, 0.29) is 31.2 Å². The molecule has 0 unspecified atom stereocenters. The van der Waals surface area contributed by atoms with Crippen LogP contribution in [0.4, 0.5) is 0 Å². The molecule has 218 valence electrons. The van der Waals surface area contributed by atoms with Gasteiger partial charge in [0, 0.05) is 18.0 Å². The van der Waals surface area contributed by atoms with Crippen LogP contribution in [0, 0.1) is 0 Å². The van der Waals surface area contributed by atoms with Crippen molar-refractivity contribution < 1.29 is 29.0 Å². The molecule has 41 heavy (non-hydrogen) atoms. The minimum Gasteiger partial charge on any atom is -0.481 e. The quantitative estimate of drug-likeness (QED) is 0.147. The second kappa shape index (κ2) is 16.7. The highest BCUT2D eigenvalue weighted by molar-refractivity contribution is 5.99. The van der Waals surface area contributed by atoms with Crippen molar-refractivity contribution in [3.63, 3.8) is 0 Å². The molecule has 3 rings (SSSR count). The lowest BCUT2D eigenvalue weighted by molar-refractivity contribution is -0.153. The summed E-state index contributed by atoms with van der Waals surface area (Å²) in [5, 5.41) is 12.5. The molecule has 2 amide bonds. The second-order valence-corrected chi connectivity index (χ2v) is 10.3. The Bertz CT molecular complexity index is 1300. The van der Waals surface area contributed by atoms with Gasteiger partial charge in [-0.3, -0.25) is 19.4 Å². The molecular formula is C32H39N3O6. The van der Waals surface area contributed by atoms with Gasteiger partial charge in [-0.05, 0) is 56.2 Å². The summed E-state index contributed by atoms with van der Waals surface area (Å²) in [6.45, 7) is 0. The molecule has 0 bridgehead atoms. The maximum Gasteiger partial charge on any atom is 0.328 e. The van der Waals surface area contributed by atoms with E-state index >= 15 is 0 Å². The highest BCUT2D eigenvalue weighted by Crippen LogP contribution is 2.17. The van der Waals surface area contributed by atoms with E-state index in [0.717, 1.165) is 49.4 Å². The fourth-order valence-corrected chi connectivity index (χ4v) is 4.69. The minimum absolute atomic E-state index is 0.0720. The van der Waals surface area contributed by atoms with E-state index in [0.29, 0.717) is 6.42 Å². The van der Waals surface area contributed by atoms with Crippen LogP contribution in [0.1, 0.15) is 80.1 Å². The number of carboxylic acid groups (broad SMARTS) is 1. The molecule has 0 aliphatic rings. The van der Waals surface area contributed by atoms with Crippen molar-refractivity contribution in [2.24, 2.45) is 5.73 Å². The number of nitrogens with one attached hydrogen (secondary N) is 1. The summed E-state index contributed by atoms with van der Waals surface area (Å²) in [5.41, 5.74) is 7.73. The van der Waals surface area contributed by atoms with Crippen LogP contribution < -0.4 is 11.1 Å². The number of aryl methyl sites for hydroxylation is 1. The lowest BCUT2D eigenvalue weighted by Crippen LogP contribution is -2.43. The van der Waals surface area contributed by atoms with Gasteiger partial charge in [-0.25, -0.2) is 4.79 Å². The zero-order chi connectivity index (χ0) is 29.5. The molecule has 0 fully saturated rings. The number of primary amides is 1. The first kappa shape index (κ1) is 31.3. The Morgan fingerprint density at radius 1 is 0.878 bits per heavy atom. The van der Waals surface area contributed by atoms with Gasteiger partial charge in [0.15, 0.2) is 0 Å². The standard InChI is InChI=1S/C32H39N3O6/c33-29(36)21-26(16-8-3-1-2-5-12-23-13-6-4-7-14-23)41-32(40)28(18-11-19-30(37)38)35-31(39)25-20-24-15-9-10-17-27(24)34-22-25/h4,6-7,9-10,13-15,17,20,22,26,28H,1-3,5,8,11-12,16,18-19,21H2,(H2,33,36)(H,35,39)(H,37,38)/t26-,28-/m0/s1. The summed E-state index contributed by atoms with van der Waals surface area (Å²) < 4.78 is 5.66. The second-order valence-electron chi connectivity index (χ2n) is 10.3. The number of carbonyl (C=O) groups excluding carboxylic acids is 3. The Balaban J connectivity index is 1.54. The van der Waals surface area contributed by atoms with Crippen LogP contribution in [0.2, 0.25) is 0 Å². The Labute approximate surface area is 240 Å². The monoisotopic (exact) mass is 561 g/mol. The average molecular weight is 562 g/mol. The van der Waals surface area contributed by atoms with Crippen LogP contribution >= 0.6 is 0 Å². The number of ether oxygens (including phenoxy) is 1. The zero-order valence-electron chi connectivity index (χ0n) is 23.3. The van der Waals surface area contributed by atoms with Crippen LogP contribution in [0.15, 0.2) is 66.9 Å². The summed E-state index contributed by atoms with van der Waals surface area (Å²) >= 11 is 0. The third-order valence-electron chi connectivity index (χ3n) is 6.87. The van der Waals surface area contributed by atoms with Crippen LogP contribution in [0.3, 0.4) is 0 Å². The summed E-state index contributed by atoms with van der Waals surface area (Å²) in [7, 11) is 0. The number of rotatable bonds is 18. The normalized spacial score (nSPS) is 12.4. The van der Waals surface area contributed by atoms with E-state index < -0.39 is 35.9 Å². The van der Waals surface area contributed by atoms with Crippen molar-refractivity contribution >= 4 is 34.7 Å². The molecule has 4 N–H and O–H groups in total. The molecule has 0 spiro atoms. The lowest BCUT2D eigenvalue weighted by Gasteiger charge is -2.22. The molecule has 1 heterocycles. The molecule has 2 aromatic carbocycles. The van der Waals surface area contributed by atoms with Crippen molar-refractivity contribution in [1.82, 2.24) is 10.3 Å². The molecule has 1 aromatic heterocycles. The first-order valence-corrected chi connectivity index (χ1v) is 14.2. The molecular weight excluding hydrogens is 522 g/mol. The van der Waals surface area contributed by atoms with Gasteiger partial charge in [0.1, 0.15) is 12.1 Å². The highest BCUT2D eigenvalue weighted by atomic mass is 16.5. The van der Waals surface area contributed by atoms with Gasteiger partial charge in [-0.2, -0.15) is 0 Å². The number of pyridine rings is 1. The molecule has 0 aliphatic carbocycles. The van der Waals surface area contributed by atoms with Crippen LogP contribution in [0.25, 0.3) is 10.9 Å². The number of carboxylic acids is 1. The summed E-state index contributed by atoms with van der Waals surface area (Å²) in [5.74, 6) is -2.83. The SMILES string of the molecule is NC(=O)C[C@H](CCCCCCCc1ccccc1)OC(=O)[C@H](CCCC(=O)O)NC(=O)c1cnc2ccccc2c1. The van der Waals surface area contributed by atoms with Gasteiger partial charge in [0.25, 0.3) is 5.91 Å². The smallest absolute Gasteiger partial charge is 0.328 e. The number of unbranched alkanes of at least 4 members (excludes halogenated alkanes) is 4. The third kappa shape index (κ3) is 11.4. The Morgan fingerprint density at radius 2 is 1.59 bits per heavy atom. The van der Waals surface area contributed by atoms with E-state index in [4.69, 9.17) is 15.6 Å². The number of nitrogens with two attached hydrogens (primary N) is 1. The number of aromatic nitrogens is 1.